The van der Waals surface area contributed by atoms with E-state index in [4.69, 9.17) is 0 Å². The summed E-state index contributed by atoms with van der Waals surface area (Å²) in [6, 6.07) is 0. The van der Waals surface area contributed by atoms with Gasteiger partial charge in [0.15, 0.2) is 5.16 Å². The third-order valence-corrected chi connectivity index (χ3v) is 6.45. The molecule has 0 saturated heterocycles. The van der Waals surface area contributed by atoms with Crippen LogP contribution in [-0.4, -0.2) is 40.1 Å². The predicted molar refractivity (Wildman–Crippen MR) is 100 cm³/mol. The molecule has 1 aliphatic carbocycles. The molecule has 130 valence electrons. The summed E-state index contributed by atoms with van der Waals surface area (Å²) < 4.78 is 0. The van der Waals surface area contributed by atoms with Crippen LogP contribution in [-0.2, 0) is 17.6 Å². The van der Waals surface area contributed by atoms with Crippen LogP contribution < -0.4 is 5.56 Å². The molecule has 2 heterocycles. The van der Waals surface area contributed by atoms with Crippen molar-refractivity contribution in [1.29, 1.82) is 0 Å². The van der Waals surface area contributed by atoms with Gasteiger partial charge in [0.2, 0.25) is 5.91 Å². The maximum absolute atomic E-state index is 12.5. The molecule has 1 amide bonds. The zero-order valence-electron chi connectivity index (χ0n) is 14.2. The van der Waals surface area contributed by atoms with Crippen LogP contribution in [0.5, 0.6) is 0 Å². The molecule has 5 nitrogen and oxygen atoms in total. The highest BCUT2D eigenvalue weighted by atomic mass is 32.2. The number of carbonyl (C=O) groups is 1. The SMILES string of the molecule is CCCCN(C)C(=O)CSc1nc2sc3c(c2c(=O)[nH]1)CCCC3. The van der Waals surface area contributed by atoms with Gasteiger partial charge in [-0.2, -0.15) is 0 Å². The molecule has 1 N–H and O–H groups in total. The number of hydrogen-bond acceptors (Lipinski definition) is 5. The molecule has 0 atom stereocenters. The summed E-state index contributed by atoms with van der Waals surface area (Å²) in [5.74, 6) is 0.376. The number of thioether (sulfide) groups is 1. The molecule has 7 heteroatoms. The molecule has 0 radical (unpaired) electrons. The fourth-order valence-corrected chi connectivity index (χ4v) is 5.09. The molecule has 0 bridgehead atoms. The highest BCUT2D eigenvalue weighted by Crippen LogP contribution is 2.34. The molecular weight excluding hydrogens is 342 g/mol. The molecule has 0 unspecified atom stereocenters. The van der Waals surface area contributed by atoms with E-state index in [0.29, 0.717) is 10.9 Å². The lowest BCUT2D eigenvalue weighted by molar-refractivity contribution is -0.127. The molecule has 2 aromatic rings. The van der Waals surface area contributed by atoms with Crippen LogP contribution in [0.25, 0.3) is 10.2 Å². The van der Waals surface area contributed by atoms with Crippen molar-refractivity contribution in [3.8, 4) is 0 Å². The van der Waals surface area contributed by atoms with Gasteiger partial charge in [0, 0.05) is 18.5 Å². The number of H-pyrrole nitrogens is 1. The highest BCUT2D eigenvalue weighted by Gasteiger charge is 2.20. The van der Waals surface area contributed by atoms with Crippen LogP contribution in [0.2, 0.25) is 0 Å². The lowest BCUT2D eigenvalue weighted by atomic mass is 9.97. The van der Waals surface area contributed by atoms with E-state index in [2.05, 4.69) is 16.9 Å². The summed E-state index contributed by atoms with van der Waals surface area (Å²) in [5, 5.41) is 1.31. The van der Waals surface area contributed by atoms with Gasteiger partial charge in [-0.3, -0.25) is 9.59 Å². The number of unbranched alkanes of at least 4 members (excludes halogenated alkanes) is 1. The van der Waals surface area contributed by atoms with Crippen LogP contribution >= 0.6 is 23.1 Å². The lowest BCUT2D eigenvalue weighted by Crippen LogP contribution is -2.29. The Balaban J connectivity index is 1.74. The number of hydrogen-bond donors (Lipinski definition) is 1. The zero-order valence-corrected chi connectivity index (χ0v) is 15.8. The van der Waals surface area contributed by atoms with Crippen molar-refractivity contribution in [2.24, 2.45) is 0 Å². The molecule has 0 saturated carbocycles. The molecule has 3 rings (SSSR count). The molecule has 0 aliphatic heterocycles. The first kappa shape index (κ1) is 17.5. The second-order valence-corrected chi connectivity index (χ2v) is 8.27. The van der Waals surface area contributed by atoms with Crippen LogP contribution in [0, 0.1) is 0 Å². The second-order valence-electron chi connectivity index (χ2n) is 6.22. The first-order chi connectivity index (χ1) is 11.6. The van der Waals surface area contributed by atoms with Gasteiger partial charge in [0.05, 0.1) is 11.1 Å². The van der Waals surface area contributed by atoms with E-state index in [1.54, 1.807) is 16.2 Å². The fraction of sp³-hybridized carbons (Fsp3) is 0.588. The zero-order chi connectivity index (χ0) is 17.1. The second kappa shape index (κ2) is 7.70. The largest absolute Gasteiger partial charge is 0.345 e. The van der Waals surface area contributed by atoms with Gasteiger partial charge in [0.1, 0.15) is 4.83 Å². The molecule has 0 fully saturated rings. The number of carbonyl (C=O) groups excluding carboxylic acids is 1. The van der Waals surface area contributed by atoms with Crippen molar-refractivity contribution in [3.05, 3.63) is 20.8 Å². The van der Waals surface area contributed by atoms with Crippen LogP contribution in [0.15, 0.2) is 9.95 Å². The molecule has 1 aliphatic rings. The summed E-state index contributed by atoms with van der Waals surface area (Å²) in [4.78, 5) is 35.9. The van der Waals surface area contributed by atoms with Crippen LogP contribution in [0.4, 0.5) is 0 Å². The Morgan fingerprint density at radius 1 is 1.38 bits per heavy atom. The number of aromatic nitrogens is 2. The number of nitrogens with zero attached hydrogens (tertiary/aromatic N) is 2. The highest BCUT2D eigenvalue weighted by molar-refractivity contribution is 7.99. The Morgan fingerprint density at radius 2 is 2.17 bits per heavy atom. The number of rotatable bonds is 6. The van der Waals surface area contributed by atoms with Crippen molar-refractivity contribution in [2.45, 2.75) is 50.6 Å². The van der Waals surface area contributed by atoms with Crippen molar-refractivity contribution in [3.63, 3.8) is 0 Å². The normalized spacial score (nSPS) is 13.9. The number of thiophene rings is 1. The minimum Gasteiger partial charge on any atom is -0.345 e. The molecule has 24 heavy (non-hydrogen) atoms. The van der Waals surface area contributed by atoms with E-state index in [1.807, 2.05) is 7.05 Å². The Morgan fingerprint density at radius 3 is 2.96 bits per heavy atom. The molecule has 0 spiro atoms. The minimum atomic E-state index is -0.0614. The average molecular weight is 366 g/mol. The topological polar surface area (TPSA) is 66.1 Å². The van der Waals surface area contributed by atoms with Crippen molar-refractivity contribution in [1.82, 2.24) is 14.9 Å². The minimum absolute atomic E-state index is 0.0614. The fourth-order valence-electron chi connectivity index (χ4n) is 2.97. The summed E-state index contributed by atoms with van der Waals surface area (Å²) >= 11 is 2.95. The smallest absolute Gasteiger partial charge is 0.260 e. The van der Waals surface area contributed by atoms with Crippen LogP contribution in [0.3, 0.4) is 0 Å². The van der Waals surface area contributed by atoms with Gasteiger partial charge in [-0.05, 0) is 37.7 Å². The van der Waals surface area contributed by atoms with Crippen molar-refractivity contribution >= 4 is 39.2 Å². The third-order valence-electron chi connectivity index (χ3n) is 4.41. The van der Waals surface area contributed by atoms with E-state index < -0.39 is 0 Å². The van der Waals surface area contributed by atoms with Gasteiger partial charge in [0.25, 0.3) is 5.56 Å². The Bertz CT molecular complexity index is 797. The van der Waals surface area contributed by atoms with Crippen molar-refractivity contribution in [2.75, 3.05) is 19.3 Å². The summed E-state index contributed by atoms with van der Waals surface area (Å²) in [6.07, 6.45) is 6.45. The Kier molecular flexibility index (Phi) is 5.61. The number of nitrogens with one attached hydrogen (secondary N) is 1. The van der Waals surface area contributed by atoms with E-state index in [1.165, 1.54) is 28.6 Å². The number of aryl methyl sites for hydroxylation is 2. The Labute approximate surface area is 149 Å². The number of aromatic amines is 1. The maximum Gasteiger partial charge on any atom is 0.260 e. The summed E-state index contributed by atoms with van der Waals surface area (Å²) in [6.45, 7) is 2.88. The van der Waals surface area contributed by atoms with Gasteiger partial charge in [-0.1, -0.05) is 25.1 Å². The van der Waals surface area contributed by atoms with E-state index in [9.17, 15) is 9.59 Å². The van der Waals surface area contributed by atoms with Gasteiger partial charge < -0.3 is 9.88 Å². The first-order valence-corrected chi connectivity index (χ1v) is 10.3. The molecular formula is C17H23N3O2S2. The quantitative estimate of drug-likeness (QED) is 0.630. The summed E-state index contributed by atoms with van der Waals surface area (Å²) in [5.41, 5.74) is 1.13. The van der Waals surface area contributed by atoms with Crippen molar-refractivity contribution < 1.29 is 4.79 Å². The Hall–Kier alpha value is -1.34. The van der Waals surface area contributed by atoms with E-state index in [0.717, 1.165) is 48.9 Å². The summed E-state index contributed by atoms with van der Waals surface area (Å²) in [7, 11) is 1.82. The first-order valence-electron chi connectivity index (χ1n) is 8.51. The number of amides is 1. The van der Waals surface area contributed by atoms with Gasteiger partial charge in [-0.15, -0.1) is 11.3 Å². The van der Waals surface area contributed by atoms with Gasteiger partial charge >= 0.3 is 0 Å². The molecule has 2 aromatic heterocycles. The average Bonchev–Trinajstić information content (AvgIpc) is 2.96. The van der Waals surface area contributed by atoms with Crippen LogP contribution in [0.1, 0.15) is 43.0 Å². The van der Waals surface area contributed by atoms with Gasteiger partial charge in [-0.25, -0.2) is 4.98 Å². The predicted octanol–water partition coefficient (Wildman–Crippen LogP) is 3.21. The standard InChI is InChI=1S/C17H23N3O2S2/c1-3-4-9-20(2)13(21)10-23-17-18-15(22)14-11-7-5-6-8-12(11)24-16(14)19-17/h3-10H2,1-2H3,(H,18,19,22). The van der Waals surface area contributed by atoms with E-state index >= 15 is 0 Å². The maximum atomic E-state index is 12.5. The van der Waals surface area contributed by atoms with E-state index in [-0.39, 0.29) is 11.5 Å². The lowest BCUT2D eigenvalue weighted by Gasteiger charge is -2.16. The third kappa shape index (κ3) is 3.67. The monoisotopic (exact) mass is 365 g/mol. The number of fused-ring (bicyclic) bond motifs is 3. The molecule has 0 aromatic carbocycles.